The largest absolute Gasteiger partial charge is 0.377 e. The van der Waals surface area contributed by atoms with Gasteiger partial charge in [0.25, 0.3) is 0 Å². The number of hydrogen-bond acceptors (Lipinski definition) is 1. The van der Waals surface area contributed by atoms with Gasteiger partial charge in [0.2, 0.25) is 0 Å². The van der Waals surface area contributed by atoms with Crippen LogP contribution < -0.4 is 0 Å². The SMILES string of the molecule is C=C[C@H](CC)CCOCc1ccccc1. The maximum Gasteiger partial charge on any atom is 0.0716 e. The zero-order valence-corrected chi connectivity index (χ0v) is 9.49. The summed E-state index contributed by atoms with van der Waals surface area (Å²) in [6, 6.07) is 10.3. The zero-order chi connectivity index (χ0) is 10.9. The van der Waals surface area contributed by atoms with Crippen molar-refractivity contribution in [1.82, 2.24) is 0 Å². The first-order valence-electron chi connectivity index (χ1n) is 5.61. The molecular formula is C14H20O. The molecule has 0 aliphatic carbocycles. The maximum absolute atomic E-state index is 5.61. The van der Waals surface area contributed by atoms with Gasteiger partial charge in [-0.05, 0) is 24.3 Å². The summed E-state index contributed by atoms with van der Waals surface area (Å²) in [7, 11) is 0. The highest BCUT2D eigenvalue weighted by atomic mass is 16.5. The Hall–Kier alpha value is -1.08. The zero-order valence-electron chi connectivity index (χ0n) is 9.49. The first-order valence-corrected chi connectivity index (χ1v) is 5.61. The van der Waals surface area contributed by atoms with Gasteiger partial charge in [-0.3, -0.25) is 0 Å². The minimum Gasteiger partial charge on any atom is -0.377 e. The molecule has 0 unspecified atom stereocenters. The monoisotopic (exact) mass is 204 g/mol. The fourth-order valence-electron chi connectivity index (χ4n) is 1.49. The van der Waals surface area contributed by atoms with Gasteiger partial charge in [0.05, 0.1) is 6.61 Å². The van der Waals surface area contributed by atoms with E-state index in [-0.39, 0.29) is 0 Å². The van der Waals surface area contributed by atoms with Gasteiger partial charge >= 0.3 is 0 Å². The summed E-state index contributed by atoms with van der Waals surface area (Å²) >= 11 is 0. The molecule has 0 fully saturated rings. The van der Waals surface area contributed by atoms with Crippen LogP contribution in [0.25, 0.3) is 0 Å². The van der Waals surface area contributed by atoms with Crippen LogP contribution in [-0.4, -0.2) is 6.61 Å². The normalized spacial score (nSPS) is 12.3. The lowest BCUT2D eigenvalue weighted by molar-refractivity contribution is 0.111. The molecule has 1 atom stereocenters. The van der Waals surface area contributed by atoms with Crippen molar-refractivity contribution < 1.29 is 4.74 Å². The molecule has 0 aliphatic rings. The van der Waals surface area contributed by atoms with E-state index < -0.39 is 0 Å². The minimum absolute atomic E-state index is 0.598. The second-order valence-corrected chi connectivity index (χ2v) is 3.73. The first kappa shape index (κ1) is 12.0. The van der Waals surface area contributed by atoms with E-state index in [0.29, 0.717) is 12.5 Å². The number of rotatable bonds is 7. The Balaban J connectivity index is 2.14. The molecule has 0 saturated heterocycles. The third-order valence-corrected chi connectivity index (χ3v) is 2.60. The van der Waals surface area contributed by atoms with Crippen molar-refractivity contribution in [2.24, 2.45) is 5.92 Å². The van der Waals surface area contributed by atoms with Crippen molar-refractivity contribution in [3.63, 3.8) is 0 Å². The Morgan fingerprint density at radius 2 is 2.07 bits per heavy atom. The van der Waals surface area contributed by atoms with E-state index >= 15 is 0 Å². The van der Waals surface area contributed by atoms with E-state index in [4.69, 9.17) is 4.74 Å². The lowest BCUT2D eigenvalue weighted by Gasteiger charge is -2.09. The highest BCUT2D eigenvalue weighted by Gasteiger charge is 2.00. The Kier molecular flexibility index (Phi) is 5.79. The van der Waals surface area contributed by atoms with Gasteiger partial charge in [-0.2, -0.15) is 0 Å². The highest BCUT2D eigenvalue weighted by Crippen LogP contribution is 2.09. The predicted molar refractivity (Wildman–Crippen MR) is 64.7 cm³/mol. The van der Waals surface area contributed by atoms with Crippen molar-refractivity contribution in [3.8, 4) is 0 Å². The molecule has 82 valence electrons. The first-order chi connectivity index (χ1) is 7.36. The van der Waals surface area contributed by atoms with E-state index in [9.17, 15) is 0 Å². The molecule has 15 heavy (non-hydrogen) atoms. The Labute approximate surface area is 92.8 Å². The summed E-state index contributed by atoms with van der Waals surface area (Å²) in [6.07, 6.45) is 4.25. The molecule has 0 heterocycles. The third-order valence-electron chi connectivity index (χ3n) is 2.60. The molecule has 0 saturated carbocycles. The lowest BCUT2D eigenvalue weighted by Crippen LogP contribution is -2.02. The van der Waals surface area contributed by atoms with Crippen LogP contribution in [0.5, 0.6) is 0 Å². The van der Waals surface area contributed by atoms with Gasteiger partial charge in [-0.25, -0.2) is 0 Å². The predicted octanol–water partition coefficient (Wildman–Crippen LogP) is 3.81. The van der Waals surface area contributed by atoms with Gasteiger partial charge < -0.3 is 4.74 Å². The van der Waals surface area contributed by atoms with E-state index in [0.717, 1.165) is 19.4 Å². The molecule has 1 aromatic carbocycles. The molecule has 0 radical (unpaired) electrons. The summed E-state index contributed by atoms with van der Waals surface area (Å²) in [5.41, 5.74) is 1.24. The summed E-state index contributed by atoms with van der Waals surface area (Å²) in [5, 5.41) is 0. The Bertz CT molecular complexity index is 266. The standard InChI is InChI=1S/C14H20O/c1-3-13(4-2)10-11-15-12-14-8-6-5-7-9-14/h3,5-9,13H,1,4,10-12H2,2H3/t13-/m1/s1. The summed E-state index contributed by atoms with van der Waals surface area (Å²) in [5.74, 6) is 0.598. The van der Waals surface area contributed by atoms with Crippen molar-refractivity contribution in [2.75, 3.05) is 6.61 Å². The second kappa shape index (κ2) is 7.24. The van der Waals surface area contributed by atoms with Gasteiger partial charge in [0.15, 0.2) is 0 Å². The Morgan fingerprint density at radius 3 is 2.67 bits per heavy atom. The molecule has 1 rings (SSSR count). The van der Waals surface area contributed by atoms with E-state index in [1.54, 1.807) is 0 Å². The summed E-state index contributed by atoms with van der Waals surface area (Å²) in [6.45, 7) is 7.53. The van der Waals surface area contributed by atoms with Crippen LogP contribution in [0.1, 0.15) is 25.3 Å². The van der Waals surface area contributed by atoms with Gasteiger partial charge in [-0.15, -0.1) is 6.58 Å². The van der Waals surface area contributed by atoms with E-state index in [2.05, 4.69) is 25.6 Å². The van der Waals surface area contributed by atoms with Crippen LogP contribution in [0.15, 0.2) is 43.0 Å². The number of benzene rings is 1. The van der Waals surface area contributed by atoms with Crippen molar-refractivity contribution in [3.05, 3.63) is 48.6 Å². The molecule has 0 spiro atoms. The van der Waals surface area contributed by atoms with Gasteiger partial charge in [0, 0.05) is 6.61 Å². The topological polar surface area (TPSA) is 9.23 Å². The quantitative estimate of drug-likeness (QED) is 0.485. The molecule has 0 aromatic heterocycles. The van der Waals surface area contributed by atoms with E-state index in [1.807, 2.05) is 24.3 Å². The van der Waals surface area contributed by atoms with Gasteiger partial charge in [0.1, 0.15) is 0 Å². The molecule has 1 heteroatoms. The smallest absolute Gasteiger partial charge is 0.0716 e. The van der Waals surface area contributed by atoms with Crippen molar-refractivity contribution >= 4 is 0 Å². The van der Waals surface area contributed by atoms with E-state index in [1.165, 1.54) is 5.56 Å². The van der Waals surface area contributed by atoms with Crippen LogP contribution in [0, 0.1) is 5.92 Å². The van der Waals surface area contributed by atoms with Gasteiger partial charge in [-0.1, -0.05) is 43.3 Å². The fourth-order valence-corrected chi connectivity index (χ4v) is 1.49. The van der Waals surface area contributed by atoms with Crippen LogP contribution >= 0.6 is 0 Å². The molecule has 0 bridgehead atoms. The molecule has 0 amide bonds. The number of ether oxygens (including phenoxy) is 1. The molecule has 0 N–H and O–H groups in total. The molecule has 1 nitrogen and oxygen atoms in total. The van der Waals surface area contributed by atoms with Crippen LogP contribution in [-0.2, 0) is 11.3 Å². The minimum atomic E-state index is 0.598. The molecular weight excluding hydrogens is 184 g/mol. The van der Waals surface area contributed by atoms with Crippen LogP contribution in [0.4, 0.5) is 0 Å². The fraction of sp³-hybridized carbons (Fsp3) is 0.429. The second-order valence-electron chi connectivity index (χ2n) is 3.73. The lowest BCUT2D eigenvalue weighted by atomic mass is 10.0. The molecule has 0 aliphatic heterocycles. The molecule has 1 aromatic rings. The maximum atomic E-state index is 5.61. The summed E-state index contributed by atoms with van der Waals surface area (Å²) in [4.78, 5) is 0. The van der Waals surface area contributed by atoms with Crippen molar-refractivity contribution in [1.29, 1.82) is 0 Å². The van der Waals surface area contributed by atoms with Crippen molar-refractivity contribution in [2.45, 2.75) is 26.4 Å². The Morgan fingerprint density at radius 1 is 1.33 bits per heavy atom. The average molecular weight is 204 g/mol. The van der Waals surface area contributed by atoms with Crippen LogP contribution in [0.2, 0.25) is 0 Å². The highest BCUT2D eigenvalue weighted by molar-refractivity contribution is 5.13. The summed E-state index contributed by atoms with van der Waals surface area (Å²) < 4.78 is 5.61. The third kappa shape index (κ3) is 4.80. The average Bonchev–Trinajstić information content (AvgIpc) is 2.31. The number of allylic oxidation sites excluding steroid dienone is 1. The van der Waals surface area contributed by atoms with Crippen LogP contribution in [0.3, 0.4) is 0 Å². The number of hydrogen-bond donors (Lipinski definition) is 0.